The average Bonchev–Trinajstić information content (AvgIpc) is 2.89. The van der Waals surface area contributed by atoms with Crippen molar-refractivity contribution in [2.24, 2.45) is 0 Å². The number of aromatic nitrogens is 1. The first-order valence-electron chi connectivity index (χ1n) is 11.3. The van der Waals surface area contributed by atoms with Crippen molar-refractivity contribution in [2.75, 3.05) is 6.26 Å². The van der Waals surface area contributed by atoms with Crippen molar-refractivity contribution in [1.29, 1.82) is 5.26 Å². The molecule has 0 aliphatic rings. The fraction of sp³-hybridized carbons (Fsp3) is 0.143. The lowest BCUT2D eigenvalue weighted by Crippen LogP contribution is -2.29. The van der Waals surface area contributed by atoms with E-state index in [-0.39, 0.29) is 32.8 Å². The van der Waals surface area contributed by atoms with Crippen molar-refractivity contribution in [3.05, 3.63) is 111 Å². The van der Waals surface area contributed by atoms with Crippen LogP contribution in [0.25, 0.3) is 22.4 Å². The van der Waals surface area contributed by atoms with Crippen LogP contribution in [0.1, 0.15) is 22.3 Å². The molecule has 3 aromatic carbocycles. The van der Waals surface area contributed by atoms with Crippen LogP contribution in [0.3, 0.4) is 0 Å². The molecule has 0 atom stereocenters. The van der Waals surface area contributed by atoms with Gasteiger partial charge in [0.2, 0.25) is 0 Å². The molecule has 206 valence electrons. The van der Waals surface area contributed by atoms with E-state index in [0.717, 1.165) is 40.6 Å². The molecule has 1 heterocycles. The molecular weight excluding hydrogens is 564 g/mol. The maximum absolute atomic E-state index is 14.4. The molecule has 4 aromatic rings. The lowest BCUT2D eigenvalue weighted by atomic mass is 9.98. The number of nitrogens with zero attached hydrogens (tertiary/aromatic N) is 2. The average molecular weight is 581 g/mol. The van der Waals surface area contributed by atoms with Crippen LogP contribution >= 0.6 is 11.8 Å². The smallest absolute Gasteiger partial charge is 0.303 e. The first-order chi connectivity index (χ1) is 18.7. The lowest BCUT2D eigenvalue weighted by molar-refractivity contribution is -0.138. The predicted molar refractivity (Wildman–Crippen MR) is 134 cm³/mol. The van der Waals surface area contributed by atoms with Crippen LogP contribution in [0.5, 0.6) is 0 Å². The van der Waals surface area contributed by atoms with Crippen molar-refractivity contribution in [2.45, 2.75) is 23.8 Å². The minimum atomic E-state index is -5.11. The molecule has 0 fully saturated rings. The molecule has 0 bridgehead atoms. The van der Waals surface area contributed by atoms with E-state index in [4.69, 9.17) is 0 Å². The molecule has 0 amide bonds. The highest BCUT2D eigenvalue weighted by molar-refractivity contribution is 7.98. The minimum Gasteiger partial charge on any atom is -0.303 e. The van der Waals surface area contributed by atoms with Gasteiger partial charge in [-0.1, -0.05) is 24.3 Å². The number of benzene rings is 3. The molecule has 1 aromatic heterocycles. The highest BCUT2D eigenvalue weighted by Gasteiger charge is 2.37. The van der Waals surface area contributed by atoms with Gasteiger partial charge in [0.1, 0.15) is 23.3 Å². The Bertz CT molecular complexity index is 1700. The Morgan fingerprint density at radius 1 is 0.850 bits per heavy atom. The third kappa shape index (κ3) is 5.89. The summed E-state index contributed by atoms with van der Waals surface area (Å²) in [5, 5.41) is 9.36. The molecule has 12 heteroatoms. The fourth-order valence-corrected chi connectivity index (χ4v) is 4.59. The standard InChI is InChI=1S/C28H16F8N2OS/c1-40-21-9-18(8-19(10-21)27(31,32)33)15-3-2-4-16(7-15)25-12-23(28(34,35)36)22(13-37)26(39)38(25)14-17-5-6-20(29)11-24(17)30/h2-12H,14H2,1H3. The summed E-state index contributed by atoms with van der Waals surface area (Å²) < 4.78 is 111. The maximum atomic E-state index is 14.4. The van der Waals surface area contributed by atoms with Gasteiger partial charge in [-0.25, -0.2) is 8.78 Å². The minimum absolute atomic E-state index is 0.0183. The third-order valence-corrected chi connectivity index (χ3v) is 6.73. The predicted octanol–water partition coefficient (Wildman–Crippen LogP) is 8.14. The Morgan fingerprint density at radius 3 is 2.15 bits per heavy atom. The van der Waals surface area contributed by atoms with Crippen molar-refractivity contribution in [3.63, 3.8) is 0 Å². The van der Waals surface area contributed by atoms with E-state index >= 15 is 0 Å². The second-order valence-corrected chi connectivity index (χ2v) is 9.46. The number of thioether (sulfide) groups is 1. The van der Waals surface area contributed by atoms with Gasteiger partial charge in [0, 0.05) is 16.5 Å². The number of rotatable bonds is 5. The Hall–Kier alpha value is -4.11. The Balaban J connectivity index is 1.98. The van der Waals surface area contributed by atoms with Gasteiger partial charge in [-0.2, -0.15) is 31.6 Å². The van der Waals surface area contributed by atoms with E-state index in [2.05, 4.69) is 0 Å². The second kappa shape index (κ2) is 10.8. The molecule has 0 radical (unpaired) electrons. The van der Waals surface area contributed by atoms with Gasteiger partial charge in [0.05, 0.1) is 23.4 Å². The first kappa shape index (κ1) is 28.9. The Kier molecular flexibility index (Phi) is 7.81. The molecule has 40 heavy (non-hydrogen) atoms. The van der Waals surface area contributed by atoms with Gasteiger partial charge < -0.3 is 4.57 Å². The summed E-state index contributed by atoms with van der Waals surface area (Å²) in [6.45, 7) is -0.655. The van der Waals surface area contributed by atoms with E-state index in [0.29, 0.717) is 12.1 Å². The first-order valence-corrected chi connectivity index (χ1v) is 12.5. The normalized spacial score (nSPS) is 11.9. The maximum Gasteiger partial charge on any atom is 0.417 e. The summed E-state index contributed by atoms with van der Waals surface area (Å²) in [4.78, 5) is 13.4. The Morgan fingerprint density at radius 2 is 1.55 bits per heavy atom. The summed E-state index contributed by atoms with van der Waals surface area (Å²) in [6, 6.07) is 13.0. The molecule has 0 aliphatic heterocycles. The van der Waals surface area contributed by atoms with Crippen molar-refractivity contribution >= 4 is 11.8 Å². The van der Waals surface area contributed by atoms with Crippen LogP contribution in [0.4, 0.5) is 35.1 Å². The van der Waals surface area contributed by atoms with Gasteiger partial charge in [0.15, 0.2) is 0 Å². The number of halogens is 8. The summed E-state index contributed by atoms with van der Waals surface area (Å²) in [6.07, 6.45) is -8.18. The zero-order chi connectivity index (χ0) is 29.4. The summed E-state index contributed by atoms with van der Waals surface area (Å²) in [7, 11) is 0. The summed E-state index contributed by atoms with van der Waals surface area (Å²) in [5.74, 6) is -1.99. The highest BCUT2D eigenvalue weighted by Crippen LogP contribution is 2.38. The van der Waals surface area contributed by atoms with Crippen LogP contribution in [0.15, 0.2) is 76.4 Å². The van der Waals surface area contributed by atoms with Gasteiger partial charge in [0.25, 0.3) is 5.56 Å². The van der Waals surface area contributed by atoms with E-state index in [9.17, 15) is 45.2 Å². The van der Waals surface area contributed by atoms with E-state index < -0.39 is 52.8 Å². The number of pyridine rings is 1. The number of alkyl halides is 6. The second-order valence-electron chi connectivity index (χ2n) is 8.58. The molecule has 0 saturated heterocycles. The number of nitriles is 1. The molecule has 4 rings (SSSR count). The molecule has 3 nitrogen and oxygen atoms in total. The van der Waals surface area contributed by atoms with Crippen LogP contribution < -0.4 is 5.56 Å². The van der Waals surface area contributed by atoms with Crippen LogP contribution in [0, 0.1) is 23.0 Å². The molecular formula is C28H16F8N2OS. The monoisotopic (exact) mass is 580 g/mol. The molecule has 0 aliphatic carbocycles. The molecule has 0 spiro atoms. The fourth-order valence-electron chi connectivity index (χ4n) is 4.10. The third-order valence-electron chi connectivity index (χ3n) is 6.02. The van der Waals surface area contributed by atoms with E-state index in [1.54, 1.807) is 6.26 Å². The van der Waals surface area contributed by atoms with Crippen molar-refractivity contribution in [1.82, 2.24) is 4.57 Å². The summed E-state index contributed by atoms with van der Waals surface area (Å²) >= 11 is 1.06. The highest BCUT2D eigenvalue weighted by atomic mass is 32.2. The zero-order valence-corrected chi connectivity index (χ0v) is 21.1. The van der Waals surface area contributed by atoms with Gasteiger partial charge >= 0.3 is 12.4 Å². The van der Waals surface area contributed by atoms with Crippen LogP contribution in [0.2, 0.25) is 0 Å². The number of hydrogen-bond acceptors (Lipinski definition) is 3. The Labute approximate surface area is 226 Å². The van der Waals surface area contributed by atoms with Crippen LogP contribution in [-0.2, 0) is 18.9 Å². The van der Waals surface area contributed by atoms with Gasteiger partial charge in [-0.15, -0.1) is 11.8 Å². The number of hydrogen-bond donors (Lipinski definition) is 0. The SMILES string of the molecule is CSc1cc(-c2cccc(-c3cc(C(F)(F)F)c(C#N)c(=O)n3Cc3ccc(F)cc3F)c2)cc(C(F)(F)F)c1. The van der Waals surface area contributed by atoms with E-state index in [1.807, 2.05) is 0 Å². The quantitative estimate of drug-likeness (QED) is 0.177. The van der Waals surface area contributed by atoms with E-state index in [1.165, 1.54) is 36.4 Å². The summed E-state index contributed by atoms with van der Waals surface area (Å²) in [5.41, 5.74) is -5.38. The zero-order valence-electron chi connectivity index (χ0n) is 20.3. The molecule has 0 N–H and O–H groups in total. The molecule has 0 unspecified atom stereocenters. The van der Waals surface area contributed by atoms with Crippen molar-refractivity contribution in [3.8, 4) is 28.5 Å². The van der Waals surface area contributed by atoms with Gasteiger partial charge in [-0.05, 0) is 59.3 Å². The van der Waals surface area contributed by atoms with Gasteiger partial charge in [-0.3, -0.25) is 4.79 Å². The topological polar surface area (TPSA) is 45.8 Å². The van der Waals surface area contributed by atoms with Crippen LogP contribution in [-0.4, -0.2) is 10.8 Å². The van der Waals surface area contributed by atoms with Crippen molar-refractivity contribution < 1.29 is 35.1 Å². The molecule has 0 saturated carbocycles. The largest absolute Gasteiger partial charge is 0.417 e. The lowest BCUT2D eigenvalue weighted by Gasteiger charge is -2.19.